The molecule has 70 valence electrons. The van der Waals surface area contributed by atoms with Gasteiger partial charge in [0.1, 0.15) is 0 Å². The number of fused-ring (bicyclic) bond motifs is 2. The molecule has 0 saturated heterocycles. The van der Waals surface area contributed by atoms with Crippen LogP contribution in [0, 0.1) is 16.7 Å². The van der Waals surface area contributed by atoms with Gasteiger partial charge in [0.05, 0.1) is 6.10 Å². The number of hydrogen-bond acceptors (Lipinski definition) is 1. The lowest BCUT2D eigenvalue weighted by Gasteiger charge is -2.40. The summed E-state index contributed by atoms with van der Waals surface area (Å²) in [6.07, 6.45) is 4.88. The van der Waals surface area contributed by atoms with Crippen molar-refractivity contribution in [1.82, 2.24) is 0 Å². The van der Waals surface area contributed by atoms with Gasteiger partial charge in [-0.15, -0.1) is 0 Å². The van der Waals surface area contributed by atoms with Crippen molar-refractivity contribution in [2.45, 2.75) is 52.6 Å². The van der Waals surface area contributed by atoms with Crippen molar-refractivity contribution in [3.05, 3.63) is 0 Å². The van der Waals surface area contributed by atoms with E-state index in [0.29, 0.717) is 16.7 Å². The molecule has 1 heteroatoms. The molecular weight excluding hydrogens is 148 g/mol. The van der Waals surface area contributed by atoms with Crippen molar-refractivity contribution in [3.63, 3.8) is 0 Å². The number of hydrogen-bond donors (Lipinski definition) is 1. The summed E-state index contributed by atoms with van der Waals surface area (Å²) in [6, 6.07) is 0. The first kappa shape index (κ1) is 8.55. The predicted octanol–water partition coefficient (Wildman–Crippen LogP) is 2.58. The first-order valence-electron chi connectivity index (χ1n) is 5.11. The molecule has 12 heavy (non-hydrogen) atoms. The Morgan fingerprint density at radius 1 is 1.08 bits per heavy atom. The molecule has 0 aromatic heterocycles. The minimum absolute atomic E-state index is 0.0208. The third kappa shape index (κ3) is 1.10. The molecule has 0 aromatic rings. The minimum Gasteiger partial charge on any atom is -0.393 e. The average molecular weight is 168 g/mol. The maximum atomic E-state index is 9.90. The summed E-state index contributed by atoms with van der Waals surface area (Å²) in [5.74, 6) is 0.566. The molecule has 2 saturated carbocycles. The van der Waals surface area contributed by atoms with E-state index >= 15 is 0 Å². The normalized spacial score (nSPS) is 51.0. The largest absolute Gasteiger partial charge is 0.393 e. The lowest BCUT2D eigenvalue weighted by atomic mass is 9.65. The Morgan fingerprint density at radius 2 is 1.75 bits per heavy atom. The van der Waals surface area contributed by atoms with Crippen LogP contribution in [0.4, 0.5) is 0 Å². The summed E-state index contributed by atoms with van der Waals surface area (Å²) in [5, 5.41) is 9.90. The number of aliphatic hydroxyl groups is 1. The summed E-state index contributed by atoms with van der Waals surface area (Å²) < 4.78 is 0. The Morgan fingerprint density at radius 3 is 2.33 bits per heavy atom. The molecule has 0 aromatic carbocycles. The average Bonchev–Trinajstić information content (AvgIpc) is 2.20. The second-order valence-electron chi connectivity index (χ2n) is 5.88. The topological polar surface area (TPSA) is 20.2 Å². The second kappa shape index (κ2) is 2.25. The van der Waals surface area contributed by atoms with Crippen LogP contribution >= 0.6 is 0 Å². The van der Waals surface area contributed by atoms with E-state index in [1.54, 1.807) is 0 Å². The predicted molar refractivity (Wildman–Crippen MR) is 49.9 cm³/mol. The lowest BCUT2D eigenvalue weighted by molar-refractivity contribution is 0.0440. The maximum absolute atomic E-state index is 9.90. The van der Waals surface area contributed by atoms with E-state index in [-0.39, 0.29) is 6.10 Å². The highest BCUT2D eigenvalue weighted by atomic mass is 16.3. The van der Waals surface area contributed by atoms with Gasteiger partial charge in [-0.2, -0.15) is 0 Å². The van der Waals surface area contributed by atoms with E-state index in [1.807, 2.05) is 0 Å². The Hall–Kier alpha value is -0.0400. The second-order valence-corrected chi connectivity index (χ2v) is 5.88. The maximum Gasteiger partial charge on any atom is 0.0578 e. The third-order valence-electron chi connectivity index (χ3n) is 4.26. The molecule has 0 spiro atoms. The first-order valence-corrected chi connectivity index (χ1v) is 5.11. The summed E-state index contributed by atoms with van der Waals surface area (Å²) in [7, 11) is 0. The first-order chi connectivity index (χ1) is 5.43. The molecule has 0 heterocycles. The molecule has 2 aliphatic rings. The fourth-order valence-electron chi connectivity index (χ4n) is 3.21. The van der Waals surface area contributed by atoms with Crippen LogP contribution in [0.1, 0.15) is 46.5 Å². The fourth-order valence-corrected chi connectivity index (χ4v) is 3.21. The van der Waals surface area contributed by atoms with Crippen molar-refractivity contribution >= 4 is 0 Å². The van der Waals surface area contributed by atoms with Crippen molar-refractivity contribution < 1.29 is 5.11 Å². The van der Waals surface area contributed by atoms with Crippen LogP contribution in [0.15, 0.2) is 0 Å². The summed E-state index contributed by atoms with van der Waals surface area (Å²) in [4.78, 5) is 0. The molecule has 3 unspecified atom stereocenters. The number of aliphatic hydroxyl groups excluding tert-OH is 1. The zero-order valence-electron chi connectivity index (χ0n) is 8.43. The van der Waals surface area contributed by atoms with Crippen molar-refractivity contribution in [3.8, 4) is 0 Å². The molecule has 0 radical (unpaired) electrons. The van der Waals surface area contributed by atoms with Crippen molar-refractivity contribution in [2.24, 2.45) is 16.7 Å². The molecule has 2 bridgehead atoms. The van der Waals surface area contributed by atoms with E-state index in [4.69, 9.17) is 0 Å². The molecule has 0 aliphatic heterocycles. The highest BCUT2D eigenvalue weighted by Crippen LogP contribution is 2.58. The SMILES string of the molecule is CC12CCC(C)(C)C(C1)C(O)C2. The van der Waals surface area contributed by atoms with Gasteiger partial charge in [0.15, 0.2) is 0 Å². The van der Waals surface area contributed by atoms with Crippen molar-refractivity contribution in [2.75, 3.05) is 0 Å². The quantitative estimate of drug-likeness (QED) is 0.589. The van der Waals surface area contributed by atoms with Gasteiger partial charge in [0.2, 0.25) is 0 Å². The van der Waals surface area contributed by atoms with Gasteiger partial charge in [-0.25, -0.2) is 0 Å². The third-order valence-corrected chi connectivity index (χ3v) is 4.26. The summed E-state index contributed by atoms with van der Waals surface area (Å²) in [5.41, 5.74) is 0.856. The minimum atomic E-state index is -0.0208. The Bertz CT molecular complexity index is 197. The zero-order valence-corrected chi connectivity index (χ0v) is 8.43. The molecule has 1 N–H and O–H groups in total. The molecule has 2 fully saturated rings. The van der Waals surface area contributed by atoms with E-state index in [9.17, 15) is 5.11 Å². The fraction of sp³-hybridized carbons (Fsp3) is 1.00. The number of rotatable bonds is 0. The summed E-state index contributed by atoms with van der Waals surface area (Å²) >= 11 is 0. The Balaban J connectivity index is 2.25. The molecule has 2 aliphatic carbocycles. The Labute approximate surface area is 75.2 Å². The molecular formula is C11H20O. The van der Waals surface area contributed by atoms with Gasteiger partial charge >= 0.3 is 0 Å². The lowest BCUT2D eigenvalue weighted by Crippen LogP contribution is -2.33. The molecule has 2 rings (SSSR count). The highest BCUT2D eigenvalue weighted by Gasteiger charge is 2.51. The van der Waals surface area contributed by atoms with Crippen LogP contribution in [0.2, 0.25) is 0 Å². The van der Waals surface area contributed by atoms with Crippen molar-refractivity contribution in [1.29, 1.82) is 0 Å². The van der Waals surface area contributed by atoms with Crippen LogP contribution in [-0.4, -0.2) is 11.2 Å². The van der Waals surface area contributed by atoms with Crippen LogP contribution in [-0.2, 0) is 0 Å². The van der Waals surface area contributed by atoms with Gasteiger partial charge in [0.25, 0.3) is 0 Å². The zero-order chi connectivity index (χ0) is 8.98. The molecule has 0 amide bonds. The summed E-state index contributed by atoms with van der Waals surface area (Å²) in [6.45, 7) is 6.96. The standard InChI is InChI=1S/C11H20O/c1-10(2)4-5-11(3)6-8(10)9(12)7-11/h8-9,12H,4-7H2,1-3H3. The van der Waals surface area contributed by atoms with Crippen LogP contribution < -0.4 is 0 Å². The van der Waals surface area contributed by atoms with Gasteiger partial charge in [0, 0.05) is 0 Å². The van der Waals surface area contributed by atoms with E-state index in [2.05, 4.69) is 20.8 Å². The van der Waals surface area contributed by atoms with E-state index < -0.39 is 0 Å². The highest BCUT2D eigenvalue weighted by molar-refractivity contribution is 5.02. The molecule has 3 atom stereocenters. The van der Waals surface area contributed by atoms with Gasteiger partial charge in [-0.1, -0.05) is 20.8 Å². The van der Waals surface area contributed by atoms with Crippen LogP contribution in [0.3, 0.4) is 0 Å². The monoisotopic (exact) mass is 168 g/mol. The van der Waals surface area contributed by atoms with E-state index in [0.717, 1.165) is 6.42 Å². The van der Waals surface area contributed by atoms with Gasteiger partial charge in [-0.05, 0) is 42.4 Å². The van der Waals surface area contributed by atoms with Gasteiger partial charge < -0.3 is 5.11 Å². The van der Waals surface area contributed by atoms with Crippen LogP contribution in [0.5, 0.6) is 0 Å². The Kier molecular flexibility index (Phi) is 1.61. The van der Waals surface area contributed by atoms with E-state index in [1.165, 1.54) is 19.3 Å². The van der Waals surface area contributed by atoms with Gasteiger partial charge in [-0.3, -0.25) is 0 Å². The molecule has 1 nitrogen and oxygen atoms in total. The smallest absolute Gasteiger partial charge is 0.0578 e. The van der Waals surface area contributed by atoms with Crippen LogP contribution in [0.25, 0.3) is 0 Å².